The van der Waals surface area contributed by atoms with E-state index in [-0.39, 0.29) is 5.91 Å². The minimum atomic E-state index is -0.950. The van der Waals surface area contributed by atoms with Gasteiger partial charge in [-0.05, 0) is 60.2 Å². The maximum Gasteiger partial charge on any atom is 0.251 e. The second-order valence-electron chi connectivity index (χ2n) is 8.74. The van der Waals surface area contributed by atoms with Gasteiger partial charge in [-0.3, -0.25) is 4.79 Å². The number of nitrogens with zero attached hydrogens (tertiary/aromatic N) is 5. The van der Waals surface area contributed by atoms with E-state index in [1.165, 1.54) is 25.0 Å². The van der Waals surface area contributed by atoms with Crippen LogP contribution >= 0.6 is 27.7 Å². The first kappa shape index (κ1) is 24.1. The van der Waals surface area contributed by atoms with Crippen LogP contribution in [0.4, 0.5) is 5.82 Å². The van der Waals surface area contributed by atoms with Crippen LogP contribution in [0.1, 0.15) is 26.2 Å². The van der Waals surface area contributed by atoms with Crippen LogP contribution in [0.5, 0.6) is 11.5 Å². The van der Waals surface area contributed by atoms with Crippen molar-refractivity contribution >= 4 is 50.6 Å². The molecule has 2 aliphatic heterocycles. The minimum Gasteiger partial charge on any atom is -0.486 e. The third-order valence-corrected chi connectivity index (χ3v) is 8.34. The van der Waals surface area contributed by atoms with Crippen molar-refractivity contribution in [2.45, 2.75) is 48.9 Å². The topological polar surface area (TPSA) is 129 Å². The molecule has 5 rings (SSSR count). The molecule has 4 heterocycles. The molecule has 1 aromatic carbocycles. The summed E-state index contributed by atoms with van der Waals surface area (Å²) in [4.78, 5) is 28.1. The van der Waals surface area contributed by atoms with Crippen LogP contribution in [-0.2, 0) is 11.3 Å². The zero-order chi connectivity index (χ0) is 24.5. The molecular formula is C23H27BrN6O4S. The fourth-order valence-electron chi connectivity index (χ4n) is 4.45. The normalized spacial score (nSPS) is 17.1. The third-order valence-electron chi connectivity index (χ3n) is 6.37. The number of aliphatic hydroxyl groups is 1. The first-order valence-corrected chi connectivity index (χ1v) is 13.2. The molecule has 1 fully saturated rings. The number of benzene rings is 1. The van der Waals surface area contributed by atoms with Gasteiger partial charge >= 0.3 is 0 Å². The molecule has 1 saturated heterocycles. The quantitative estimate of drug-likeness (QED) is 0.465. The standard InChI is InChI=1S/C23H27BrN6O4S/c1-13(31)22(32)29-5-2-14(3-6-29)4-7-30-21-19(20(25)26-12-27-21)28-23(30)35-18-11-17-16(10-15(18)24)33-8-9-34-17/h10-14,31H,2-9H2,1H3,(H2,25,26,27)/t13-/m1/s1. The summed E-state index contributed by atoms with van der Waals surface area (Å²) in [6.07, 6.45) is 3.23. The molecule has 0 bridgehead atoms. The van der Waals surface area contributed by atoms with Crippen LogP contribution in [0.3, 0.4) is 0 Å². The number of hydrogen-bond acceptors (Lipinski definition) is 9. The lowest BCUT2D eigenvalue weighted by Gasteiger charge is -2.32. The van der Waals surface area contributed by atoms with Gasteiger partial charge in [-0.1, -0.05) is 11.8 Å². The zero-order valence-corrected chi connectivity index (χ0v) is 21.7. The number of nitrogens with two attached hydrogens (primary N) is 1. The average Bonchev–Trinajstić information content (AvgIpc) is 3.21. The maximum absolute atomic E-state index is 12.1. The van der Waals surface area contributed by atoms with Crippen LogP contribution in [0.25, 0.3) is 11.2 Å². The van der Waals surface area contributed by atoms with E-state index in [1.807, 2.05) is 12.1 Å². The van der Waals surface area contributed by atoms with Crippen LogP contribution in [-0.4, -0.2) is 67.8 Å². The Morgan fingerprint density at radius 3 is 2.69 bits per heavy atom. The number of carbonyl (C=O) groups excluding carboxylic acids is 1. The first-order valence-electron chi connectivity index (χ1n) is 11.6. The van der Waals surface area contributed by atoms with E-state index in [0.717, 1.165) is 39.5 Å². The molecule has 10 nitrogen and oxygen atoms in total. The zero-order valence-electron chi connectivity index (χ0n) is 19.3. The van der Waals surface area contributed by atoms with E-state index >= 15 is 0 Å². The molecule has 0 aliphatic carbocycles. The third kappa shape index (κ3) is 5.05. The van der Waals surface area contributed by atoms with Crippen LogP contribution in [0.15, 0.2) is 33.0 Å². The summed E-state index contributed by atoms with van der Waals surface area (Å²) in [6.45, 7) is 4.62. The summed E-state index contributed by atoms with van der Waals surface area (Å²) in [6, 6.07) is 3.87. The van der Waals surface area contributed by atoms with Crippen LogP contribution < -0.4 is 15.2 Å². The van der Waals surface area contributed by atoms with Crippen molar-refractivity contribution in [2.75, 3.05) is 32.0 Å². The highest BCUT2D eigenvalue weighted by atomic mass is 79.9. The van der Waals surface area contributed by atoms with E-state index in [0.29, 0.717) is 61.5 Å². The molecule has 0 spiro atoms. The van der Waals surface area contributed by atoms with Gasteiger partial charge in [-0.15, -0.1) is 0 Å². The summed E-state index contributed by atoms with van der Waals surface area (Å²) in [5, 5.41) is 10.4. The molecule has 35 heavy (non-hydrogen) atoms. The molecule has 0 unspecified atom stereocenters. The fourth-order valence-corrected chi connectivity index (χ4v) is 5.96. The first-order chi connectivity index (χ1) is 16.9. The number of aryl methyl sites for hydroxylation is 1. The van der Waals surface area contributed by atoms with Gasteiger partial charge < -0.3 is 29.8 Å². The Morgan fingerprint density at radius 1 is 1.26 bits per heavy atom. The van der Waals surface area contributed by atoms with E-state index in [2.05, 4.69) is 30.5 Å². The number of aliphatic hydroxyl groups excluding tert-OH is 1. The predicted molar refractivity (Wildman–Crippen MR) is 135 cm³/mol. The Morgan fingerprint density at radius 2 is 1.97 bits per heavy atom. The molecule has 2 aromatic heterocycles. The molecule has 3 N–H and O–H groups in total. The van der Waals surface area contributed by atoms with Crippen molar-refractivity contribution in [2.24, 2.45) is 5.92 Å². The number of aromatic nitrogens is 4. The highest BCUT2D eigenvalue weighted by Crippen LogP contribution is 2.42. The monoisotopic (exact) mass is 562 g/mol. The van der Waals surface area contributed by atoms with E-state index < -0.39 is 6.10 Å². The molecule has 1 atom stereocenters. The van der Waals surface area contributed by atoms with E-state index in [1.54, 1.807) is 4.90 Å². The number of piperidine rings is 1. The van der Waals surface area contributed by atoms with Gasteiger partial charge in [0.25, 0.3) is 5.91 Å². The Balaban J connectivity index is 1.36. The number of hydrogen-bond donors (Lipinski definition) is 2. The molecule has 1 amide bonds. The molecule has 0 radical (unpaired) electrons. The SMILES string of the molecule is C[C@@H](O)C(=O)N1CCC(CCn2c(Sc3cc4c(cc3Br)OCCO4)nc3c(N)ncnc32)CC1. The van der Waals surface area contributed by atoms with Gasteiger partial charge in [0, 0.05) is 29.0 Å². The lowest BCUT2D eigenvalue weighted by Crippen LogP contribution is -2.43. The number of amides is 1. The second kappa shape index (κ2) is 10.2. The van der Waals surface area contributed by atoms with Gasteiger partial charge in [0.2, 0.25) is 0 Å². The highest BCUT2D eigenvalue weighted by molar-refractivity contribution is 9.10. The number of ether oxygens (including phenoxy) is 2. The summed E-state index contributed by atoms with van der Waals surface area (Å²) in [5.41, 5.74) is 7.41. The molecular weight excluding hydrogens is 536 g/mol. The fraction of sp³-hybridized carbons (Fsp3) is 0.478. The van der Waals surface area contributed by atoms with Crippen molar-refractivity contribution in [3.63, 3.8) is 0 Å². The lowest BCUT2D eigenvalue weighted by molar-refractivity contribution is -0.140. The lowest BCUT2D eigenvalue weighted by atomic mass is 9.93. The number of imidazole rings is 1. The van der Waals surface area contributed by atoms with E-state index in [4.69, 9.17) is 20.2 Å². The van der Waals surface area contributed by atoms with Gasteiger partial charge in [0.05, 0.1) is 0 Å². The van der Waals surface area contributed by atoms with Crippen molar-refractivity contribution in [3.05, 3.63) is 22.9 Å². The van der Waals surface area contributed by atoms with Gasteiger partial charge in [-0.2, -0.15) is 0 Å². The molecule has 2 aliphatic rings. The molecule has 12 heteroatoms. The number of anilines is 1. The van der Waals surface area contributed by atoms with E-state index in [9.17, 15) is 9.90 Å². The number of fused-ring (bicyclic) bond motifs is 2. The van der Waals surface area contributed by atoms with Crippen molar-refractivity contribution < 1.29 is 19.4 Å². The summed E-state index contributed by atoms with van der Waals surface area (Å²) in [5.74, 6) is 2.05. The van der Waals surface area contributed by atoms with Gasteiger partial charge in [-0.25, -0.2) is 15.0 Å². The Hall–Kier alpha value is -2.57. The molecule has 3 aromatic rings. The second-order valence-corrected chi connectivity index (χ2v) is 10.6. The predicted octanol–water partition coefficient (Wildman–Crippen LogP) is 3.10. The number of nitrogen functional groups attached to an aromatic ring is 1. The van der Waals surface area contributed by atoms with Crippen LogP contribution in [0.2, 0.25) is 0 Å². The Labute approximate surface area is 215 Å². The van der Waals surface area contributed by atoms with Crippen molar-refractivity contribution in [1.82, 2.24) is 24.4 Å². The molecule has 0 saturated carbocycles. The molecule has 186 valence electrons. The Bertz CT molecular complexity index is 1240. The maximum atomic E-state index is 12.1. The summed E-state index contributed by atoms with van der Waals surface area (Å²) in [7, 11) is 0. The average molecular weight is 563 g/mol. The number of halogens is 1. The number of carbonyl (C=O) groups is 1. The highest BCUT2D eigenvalue weighted by Gasteiger charge is 2.26. The van der Waals surface area contributed by atoms with Crippen LogP contribution in [0, 0.1) is 5.92 Å². The Kier molecular flexibility index (Phi) is 7.03. The van der Waals surface area contributed by atoms with Crippen molar-refractivity contribution in [1.29, 1.82) is 0 Å². The van der Waals surface area contributed by atoms with Gasteiger partial charge in [0.15, 0.2) is 33.6 Å². The number of likely N-dealkylation sites (tertiary alicyclic amines) is 1. The van der Waals surface area contributed by atoms with Gasteiger partial charge in [0.1, 0.15) is 25.6 Å². The largest absolute Gasteiger partial charge is 0.486 e. The minimum absolute atomic E-state index is 0.195. The summed E-state index contributed by atoms with van der Waals surface area (Å²) >= 11 is 5.16. The summed E-state index contributed by atoms with van der Waals surface area (Å²) < 4.78 is 14.4. The number of rotatable bonds is 6. The van der Waals surface area contributed by atoms with Crippen molar-refractivity contribution in [3.8, 4) is 11.5 Å². The smallest absolute Gasteiger partial charge is 0.251 e.